The Morgan fingerprint density at radius 2 is 1.79 bits per heavy atom. The van der Waals surface area contributed by atoms with E-state index >= 15 is 0 Å². The van der Waals surface area contributed by atoms with Crippen LogP contribution in [0.4, 0.5) is 4.39 Å². The number of carbonyl (C=O) groups excluding carboxylic acids is 1. The van der Waals surface area contributed by atoms with E-state index in [1.54, 1.807) is 12.1 Å². The van der Waals surface area contributed by atoms with E-state index in [-0.39, 0.29) is 10.3 Å². The molecular formula is C15H11BrClFO. The van der Waals surface area contributed by atoms with Crippen molar-refractivity contribution in [1.29, 1.82) is 0 Å². The Balaban J connectivity index is 2.49. The van der Waals surface area contributed by atoms with Gasteiger partial charge in [0.05, 0.1) is 9.50 Å². The molecular weight excluding hydrogens is 331 g/mol. The van der Waals surface area contributed by atoms with Crippen LogP contribution >= 0.6 is 27.5 Å². The molecule has 98 valence electrons. The molecule has 0 unspecified atom stereocenters. The minimum absolute atomic E-state index is 0.214. The summed E-state index contributed by atoms with van der Waals surface area (Å²) in [6.07, 6.45) is 0. The molecule has 0 bridgehead atoms. The van der Waals surface area contributed by atoms with Crippen LogP contribution in [0.5, 0.6) is 0 Å². The monoisotopic (exact) mass is 340 g/mol. The van der Waals surface area contributed by atoms with Gasteiger partial charge >= 0.3 is 0 Å². The van der Waals surface area contributed by atoms with Crippen LogP contribution in [0.15, 0.2) is 34.8 Å². The summed E-state index contributed by atoms with van der Waals surface area (Å²) >= 11 is 9.18. The van der Waals surface area contributed by atoms with Crippen LogP contribution in [-0.2, 0) is 0 Å². The van der Waals surface area contributed by atoms with Crippen molar-refractivity contribution in [2.75, 3.05) is 0 Å². The molecule has 0 aliphatic carbocycles. The Hall–Kier alpha value is -1.19. The molecule has 0 spiro atoms. The van der Waals surface area contributed by atoms with Crippen LogP contribution in [0.2, 0.25) is 5.02 Å². The van der Waals surface area contributed by atoms with Gasteiger partial charge in [-0.25, -0.2) is 4.39 Å². The third-order valence-corrected chi connectivity index (χ3v) is 3.93. The van der Waals surface area contributed by atoms with Gasteiger partial charge in [0.25, 0.3) is 0 Å². The maximum atomic E-state index is 13.2. The van der Waals surface area contributed by atoms with E-state index in [2.05, 4.69) is 15.9 Å². The van der Waals surface area contributed by atoms with Crippen molar-refractivity contribution in [3.05, 3.63) is 67.9 Å². The standard InChI is InChI=1S/C15H11BrClFO/c1-8-5-11(13(17)6-9(8)2)15(19)10-3-4-14(18)12(16)7-10/h3-7H,1-2H3. The van der Waals surface area contributed by atoms with Crippen LogP contribution in [0.25, 0.3) is 0 Å². The van der Waals surface area contributed by atoms with Gasteiger partial charge in [-0.1, -0.05) is 11.6 Å². The Bertz CT molecular complexity index is 667. The molecule has 2 rings (SSSR count). The van der Waals surface area contributed by atoms with Crippen molar-refractivity contribution in [2.24, 2.45) is 0 Å². The second-order valence-corrected chi connectivity index (χ2v) is 5.64. The van der Waals surface area contributed by atoms with Gasteiger partial charge in [-0.3, -0.25) is 4.79 Å². The van der Waals surface area contributed by atoms with Crippen molar-refractivity contribution in [2.45, 2.75) is 13.8 Å². The van der Waals surface area contributed by atoms with Gasteiger partial charge in [0.2, 0.25) is 0 Å². The highest BCUT2D eigenvalue weighted by atomic mass is 79.9. The lowest BCUT2D eigenvalue weighted by Gasteiger charge is -2.08. The molecule has 0 radical (unpaired) electrons. The number of hydrogen-bond donors (Lipinski definition) is 0. The second kappa shape index (κ2) is 5.43. The van der Waals surface area contributed by atoms with E-state index < -0.39 is 5.82 Å². The largest absolute Gasteiger partial charge is 0.289 e. The van der Waals surface area contributed by atoms with Gasteiger partial charge in [-0.2, -0.15) is 0 Å². The molecule has 0 aromatic heterocycles. The summed E-state index contributed by atoms with van der Waals surface area (Å²) in [5.41, 5.74) is 2.86. The first-order valence-electron chi connectivity index (χ1n) is 5.66. The predicted octanol–water partition coefficient (Wildman–Crippen LogP) is 5.09. The predicted molar refractivity (Wildman–Crippen MR) is 78.5 cm³/mol. The fraction of sp³-hybridized carbons (Fsp3) is 0.133. The number of carbonyl (C=O) groups is 1. The maximum Gasteiger partial charge on any atom is 0.194 e. The van der Waals surface area contributed by atoms with E-state index in [9.17, 15) is 9.18 Å². The van der Waals surface area contributed by atoms with Crippen molar-refractivity contribution in [1.82, 2.24) is 0 Å². The van der Waals surface area contributed by atoms with Gasteiger partial charge in [0, 0.05) is 11.1 Å². The summed E-state index contributed by atoms with van der Waals surface area (Å²) in [5, 5.41) is 0.411. The zero-order valence-corrected chi connectivity index (χ0v) is 12.8. The molecule has 0 amide bonds. The van der Waals surface area contributed by atoms with Crippen molar-refractivity contribution in [3.63, 3.8) is 0 Å². The Kier molecular flexibility index (Phi) is 4.07. The lowest BCUT2D eigenvalue weighted by molar-refractivity contribution is 0.103. The van der Waals surface area contributed by atoms with E-state index in [4.69, 9.17) is 11.6 Å². The fourth-order valence-electron chi connectivity index (χ4n) is 1.75. The van der Waals surface area contributed by atoms with E-state index in [0.29, 0.717) is 16.1 Å². The number of halogens is 3. The summed E-state index contributed by atoms with van der Waals surface area (Å²) in [4.78, 5) is 12.4. The Labute approximate surface area is 124 Å². The second-order valence-electron chi connectivity index (χ2n) is 4.37. The zero-order chi connectivity index (χ0) is 14.2. The molecule has 19 heavy (non-hydrogen) atoms. The van der Waals surface area contributed by atoms with Crippen LogP contribution < -0.4 is 0 Å². The Morgan fingerprint density at radius 1 is 1.16 bits per heavy atom. The lowest BCUT2D eigenvalue weighted by atomic mass is 9.99. The van der Waals surface area contributed by atoms with Crippen LogP contribution in [0, 0.1) is 19.7 Å². The lowest BCUT2D eigenvalue weighted by Crippen LogP contribution is -2.04. The Morgan fingerprint density at radius 3 is 2.42 bits per heavy atom. The molecule has 0 aliphatic heterocycles. The molecule has 0 aliphatic rings. The topological polar surface area (TPSA) is 17.1 Å². The number of aryl methyl sites for hydroxylation is 2. The molecule has 2 aromatic carbocycles. The third kappa shape index (κ3) is 2.88. The summed E-state index contributed by atoms with van der Waals surface area (Å²) in [7, 11) is 0. The van der Waals surface area contributed by atoms with Gasteiger partial charge in [0.15, 0.2) is 5.78 Å². The minimum atomic E-state index is -0.400. The van der Waals surface area contributed by atoms with Crippen LogP contribution in [0.1, 0.15) is 27.0 Å². The molecule has 0 N–H and O–H groups in total. The molecule has 0 saturated carbocycles. The summed E-state index contributed by atoms with van der Waals surface area (Å²) in [6.45, 7) is 3.85. The van der Waals surface area contributed by atoms with E-state index in [0.717, 1.165) is 11.1 Å². The first-order valence-corrected chi connectivity index (χ1v) is 6.83. The van der Waals surface area contributed by atoms with Gasteiger partial charge in [0.1, 0.15) is 5.82 Å². The van der Waals surface area contributed by atoms with E-state index in [1.165, 1.54) is 18.2 Å². The molecule has 0 atom stereocenters. The highest BCUT2D eigenvalue weighted by Crippen LogP contribution is 2.25. The van der Waals surface area contributed by atoms with Gasteiger partial charge < -0.3 is 0 Å². The highest BCUT2D eigenvalue weighted by Gasteiger charge is 2.15. The first-order chi connectivity index (χ1) is 8.90. The molecule has 2 aromatic rings. The van der Waals surface area contributed by atoms with Gasteiger partial charge in [-0.15, -0.1) is 0 Å². The number of benzene rings is 2. The normalized spacial score (nSPS) is 10.6. The minimum Gasteiger partial charge on any atom is -0.289 e. The fourth-order valence-corrected chi connectivity index (χ4v) is 2.43. The molecule has 0 saturated heterocycles. The highest BCUT2D eigenvalue weighted by molar-refractivity contribution is 9.10. The first kappa shape index (κ1) is 14.2. The van der Waals surface area contributed by atoms with E-state index in [1.807, 2.05) is 13.8 Å². The summed E-state index contributed by atoms with van der Waals surface area (Å²) < 4.78 is 13.4. The number of ketones is 1. The average molecular weight is 342 g/mol. The maximum absolute atomic E-state index is 13.2. The van der Waals surface area contributed by atoms with Gasteiger partial charge in [-0.05, 0) is 71.2 Å². The van der Waals surface area contributed by atoms with Crippen molar-refractivity contribution < 1.29 is 9.18 Å². The SMILES string of the molecule is Cc1cc(Cl)c(C(=O)c2ccc(F)c(Br)c2)cc1C. The number of rotatable bonds is 2. The average Bonchev–Trinajstić information content (AvgIpc) is 2.36. The van der Waals surface area contributed by atoms with Crippen LogP contribution in [-0.4, -0.2) is 5.78 Å². The van der Waals surface area contributed by atoms with Crippen molar-refractivity contribution >= 4 is 33.3 Å². The van der Waals surface area contributed by atoms with Crippen LogP contribution in [0.3, 0.4) is 0 Å². The quantitative estimate of drug-likeness (QED) is 0.695. The zero-order valence-electron chi connectivity index (χ0n) is 10.4. The molecule has 4 heteroatoms. The summed E-state index contributed by atoms with van der Waals surface area (Å²) in [6, 6.07) is 7.70. The molecule has 0 fully saturated rings. The van der Waals surface area contributed by atoms with Crippen molar-refractivity contribution in [3.8, 4) is 0 Å². The number of hydrogen-bond acceptors (Lipinski definition) is 1. The molecule has 1 nitrogen and oxygen atoms in total. The smallest absolute Gasteiger partial charge is 0.194 e. The third-order valence-electron chi connectivity index (χ3n) is 3.01. The molecule has 0 heterocycles. The summed E-state index contributed by atoms with van der Waals surface area (Å²) in [5.74, 6) is -0.614.